The van der Waals surface area contributed by atoms with Crippen molar-refractivity contribution >= 4 is 22.6 Å². The van der Waals surface area contributed by atoms with Gasteiger partial charge in [-0.15, -0.1) is 0 Å². The van der Waals surface area contributed by atoms with Crippen LogP contribution in [0.5, 0.6) is 0 Å². The molecule has 1 aliphatic rings. The van der Waals surface area contributed by atoms with Crippen LogP contribution < -0.4 is 11.1 Å². The molecule has 8 nitrogen and oxygen atoms in total. The van der Waals surface area contributed by atoms with Gasteiger partial charge < -0.3 is 15.8 Å². The molecule has 0 bridgehead atoms. The number of aryl methyl sites for hydroxylation is 1. The second-order valence-corrected chi connectivity index (χ2v) is 8.50. The number of hydrogen-bond donors (Lipinski definition) is 2. The third-order valence-electron chi connectivity index (χ3n) is 6.15. The molecule has 8 heteroatoms. The van der Waals surface area contributed by atoms with Crippen molar-refractivity contribution in [2.45, 2.75) is 20.0 Å². The number of carbonyl (C=O) groups excluding carboxylic acids is 1. The molecule has 1 saturated heterocycles. The van der Waals surface area contributed by atoms with Crippen LogP contribution in [0, 0.1) is 6.92 Å². The second-order valence-electron chi connectivity index (χ2n) is 8.50. The van der Waals surface area contributed by atoms with Gasteiger partial charge in [-0.25, -0.2) is 4.98 Å². The van der Waals surface area contributed by atoms with Gasteiger partial charge in [-0.05, 0) is 30.7 Å². The van der Waals surface area contributed by atoms with Crippen molar-refractivity contribution in [1.29, 1.82) is 0 Å². The molecule has 5 rings (SSSR count). The zero-order valence-electron chi connectivity index (χ0n) is 19.2. The summed E-state index contributed by atoms with van der Waals surface area (Å²) < 4.78 is 7.46. The summed E-state index contributed by atoms with van der Waals surface area (Å²) in [7, 11) is 0. The predicted octanol–water partition coefficient (Wildman–Crippen LogP) is 3.27. The number of nitrogens with one attached hydrogen (secondary N) is 1. The zero-order valence-corrected chi connectivity index (χ0v) is 19.2. The first kappa shape index (κ1) is 22.1. The first-order valence-corrected chi connectivity index (χ1v) is 11.5. The van der Waals surface area contributed by atoms with Gasteiger partial charge in [0.25, 0.3) is 0 Å². The van der Waals surface area contributed by atoms with Crippen molar-refractivity contribution in [3.8, 4) is 5.95 Å². The molecule has 1 amide bonds. The molecule has 1 fully saturated rings. The van der Waals surface area contributed by atoms with Gasteiger partial charge in [0.1, 0.15) is 5.82 Å². The Morgan fingerprint density at radius 3 is 2.68 bits per heavy atom. The fourth-order valence-electron chi connectivity index (χ4n) is 4.40. The van der Waals surface area contributed by atoms with Crippen molar-refractivity contribution in [1.82, 2.24) is 19.4 Å². The van der Waals surface area contributed by atoms with Crippen molar-refractivity contribution in [3.05, 3.63) is 83.2 Å². The smallest absolute Gasteiger partial charge is 0.249 e. The van der Waals surface area contributed by atoms with E-state index >= 15 is 0 Å². The van der Waals surface area contributed by atoms with Gasteiger partial charge in [0.15, 0.2) is 0 Å². The SMILES string of the molecule is Cc1cc2c(C(N)=O)cccc2n1-c1ncc(CN2CCOCC2)c(NCc2ccccc2)n1. The number of benzene rings is 2. The van der Waals surface area contributed by atoms with Crippen LogP contribution in [0.1, 0.15) is 27.2 Å². The molecule has 2 aromatic carbocycles. The molecule has 3 N–H and O–H groups in total. The van der Waals surface area contributed by atoms with Crippen LogP contribution >= 0.6 is 0 Å². The van der Waals surface area contributed by atoms with E-state index in [2.05, 4.69) is 22.3 Å². The van der Waals surface area contributed by atoms with Crippen LogP contribution in [-0.4, -0.2) is 51.6 Å². The third kappa shape index (κ3) is 4.50. The van der Waals surface area contributed by atoms with Gasteiger partial charge in [0.2, 0.25) is 11.9 Å². The molecular weight excluding hydrogens is 428 g/mol. The fraction of sp³-hybridized carbons (Fsp3) is 0.269. The summed E-state index contributed by atoms with van der Waals surface area (Å²) in [5, 5.41) is 4.32. The minimum atomic E-state index is -0.449. The van der Waals surface area contributed by atoms with Crippen LogP contribution in [0.15, 0.2) is 60.8 Å². The molecule has 174 valence electrons. The summed E-state index contributed by atoms with van der Waals surface area (Å²) in [6.07, 6.45) is 1.90. The van der Waals surface area contributed by atoms with Gasteiger partial charge in [-0.2, -0.15) is 4.98 Å². The molecule has 1 aliphatic heterocycles. The first-order valence-electron chi connectivity index (χ1n) is 11.5. The average Bonchev–Trinajstić information content (AvgIpc) is 3.20. The molecule has 0 radical (unpaired) electrons. The minimum Gasteiger partial charge on any atom is -0.379 e. The number of anilines is 1. The summed E-state index contributed by atoms with van der Waals surface area (Å²) in [4.78, 5) is 24.0. The molecule has 0 spiro atoms. The molecule has 4 aromatic rings. The Hall–Kier alpha value is -3.75. The lowest BCUT2D eigenvalue weighted by atomic mass is 10.1. The summed E-state index contributed by atoms with van der Waals surface area (Å²) in [5.41, 5.74) is 10.1. The third-order valence-corrected chi connectivity index (χ3v) is 6.15. The summed E-state index contributed by atoms with van der Waals surface area (Å²) in [6.45, 7) is 6.63. The van der Waals surface area contributed by atoms with E-state index in [0.717, 1.165) is 60.8 Å². The normalized spacial score (nSPS) is 14.4. The van der Waals surface area contributed by atoms with E-state index < -0.39 is 5.91 Å². The lowest BCUT2D eigenvalue weighted by Gasteiger charge is -2.27. The lowest BCUT2D eigenvalue weighted by Crippen LogP contribution is -2.36. The number of fused-ring (bicyclic) bond motifs is 1. The van der Waals surface area contributed by atoms with Gasteiger partial charge in [-0.1, -0.05) is 36.4 Å². The summed E-state index contributed by atoms with van der Waals surface area (Å²) in [5.74, 6) is 0.901. The quantitative estimate of drug-likeness (QED) is 0.443. The summed E-state index contributed by atoms with van der Waals surface area (Å²) >= 11 is 0. The maximum Gasteiger partial charge on any atom is 0.249 e. The highest BCUT2D eigenvalue weighted by Crippen LogP contribution is 2.27. The number of morpholine rings is 1. The molecular formula is C26H28N6O2. The Morgan fingerprint density at radius 1 is 1.12 bits per heavy atom. The highest BCUT2D eigenvalue weighted by atomic mass is 16.5. The van der Waals surface area contributed by atoms with E-state index in [9.17, 15) is 4.79 Å². The Morgan fingerprint density at radius 2 is 1.91 bits per heavy atom. The molecule has 0 atom stereocenters. The Kier molecular flexibility index (Phi) is 6.24. The molecule has 0 aliphatic carbocycles. The largest absolute Gasteiger partial charge is 0.379 e. The number of ether oxygens (including phenoxy) is 1. The number of nitrogens with two attached hydrogens (primary N) is 1. The average molecular weight is 457 g/mol. The number of carbonyl (C=O) groups is 1. The fourth-order valence-corrected chi connectivity index (χ4v) is 4.40. The standard InChI is InChI=1S/C26H28N6O2/c1-18-14-22-21(24(27)33)8-5-9-23(22)32(18)26-29-16-20(17-31-10-12-34-13-11-31)25(30-26)28-15-19-6-3-2-4-7-19/h2-9,14,16H,10-13,15,17H2,1H3,(H2,27,33)(H,28,29,30). The first-order chi connectivity index (χ1) is 16.6. The second kappa shape index (κ2) is 9.62. The van der Waals surface area contributed by atoms with Crippen LogP contribution in [-0.2, 0) is 17.8 Å². The Balaban J connectivity index is 1.53. The maximum absolute atomic E-state index is 11.9. The number of amides is 1. The Bertz CT molecular complexity index is 1310. The number of aromatic nitrogens is 3. The molecule has 3 heterocycles. The monoisotopic (exact) mass is 456 g/mol. The maximum atomic E-state index is 11.9. The van der Waals surface area contributed by atoms with Gasteiger partial charge >= 0.3 is 0 Å². The molecule has 0 saturated carbocycles. The predicted molar refractivity (Wildman–Crippen MR) is 132 cm³/mol. The van der Waals surface area contributed by atoms with E-state index in [4.69, 9.17) is 20.4 Å². The van der Waals surface area contributed by atoms with Crippen molar-refractivity contribution in [2.24, 2.45) is 5.73 Å². The number of rotatable bonds is 7. The topological polar surface area (TPSA) is 98.3 Å². The van der Waals surface area contributed by atoms with E-state index in [-0.39, 0.29) is 0 Å². The van der Waals surface area contributed by atoms with Gasteiger partial charge in [-0.3, -0.25) is 14.3 Å². The highest BCUT2D eigenvalue weighted by Gasteiger charge is 2.18. The zero-order chi connectivity index (χ0) is 23.5. The van der Waals surface area contributed by atoms with E-state index in [1.165, 1.54) is 5.56 Å². The van der Waals surface area contributed by atoms with E-state index in [0.29, 0.717) is 18.1 Å². The Labute approximate surface area is 198 Å². The summed E-state index contributed by atoms with van der Waals surface area (Å²) in [6, 6.07) is 17.7. The van der Waals surface area contributed by atoms with Crippen LogP contribution in [0.2, 0.25) is 0 Å². The van der Waals surface area contributed by atoms with E-state index in [1.54, 1.807) is 6.07 Å². The number of hydrogen-bond acceptors (Lipinski definition) is 6. The van der Waals surface area contributed by atoms with Crippen molar-refractivity contribution in [2.75, 3.05) is 31.6 Å². The molecule has 0 unspecified atom stereocenters. The van der Waals surface area contributed by atoms with Crippen LogP contribution in [0.4, 0.5) is 5.82 Å². The number of nitrogens with zero attached hydrogens (tertiary/aromatic N) is 4. The lowest BCUT2D eigenvalue weighted by molar-refractivity contribution is 0.0342. The van der Waals surface area contributed by atoms with Gasteiger partial charge in [0.05, 0.1) is 18.7 Å². The molecule has 2 aromatic heterocycles. The van der Waals surface area contributed by atoms with Crippen molar-refractivity contribution < 1.29 is 9.53 Å². The van der Waals surface area contributed by atoms with Crippen LogP contribution in [0.3, 0.4) is 0 Å². The van der Waals surface area contributed by atoms with Crippen molar-refractivity contribution in [3.63, 3.8) is 0 Å². The minimum absolute atomic E-state index is 0.449. The van der Waals surface area contributed by atoms with Gasteiger partial charge in [0, 0.05) is 54.6 Å². The highest BCUT2D eigenvalue weighted by molar-refractivity contribution is 6.06. The number of primary amides is 1. The van der Waals surface area contributed by atoms with Crippen LogP contribution in [0.25, 0.3) is 16.9 Å². The van der Waals surface area contributed by atoms with E-state index in [1.807, 2.05) is 54.1 Å². The molecule has 34 heavy (non-hydrogen) atoms.